The van der Waals surface area contributed by atoms with E-state index in [1.807, 2.05) is 0 Å². The monoisotopic (exact) mass is 454 g/mol. The van der Waals surface area contributed by atoms with Gasteiger partial charge in [0.05, 0.1) is 23.2 Å². The number of nitrogen functional groups attached to an aromatic ring is 1. The number of carbonyl (C=O) groups is 1. The Kier molecular flexibility index (Phi) is 4.59. The third-order valence-electron chi connectivity index (χ3n) is 5.61. The number of rotatable bonds is 3. The van der Waals surface area contributed by atoms with E-state index in [1.165, 1.54) is 23.6 Å². The molecule has 11 heteroatoms. The van der Waals surface area contributed by atoms with Crippen molar-refractivity contribution >= 4 is 43.8 Å². The highest BCUT2D eigenvalue weighted by Crippen LogP contribution is 2.32. The predicted octanol–water partition coefficient (Wildman–Crippen LogP) is 2.10. The third kappa shape index (κ3) is 3.34. The molecule has 1 aromatic carbocycles. The summed E-state index contributed by atoms with van der Waals surface area (Å²) in [6.07, 6.45) is 3.20. The largest absolute Gasteiger partial charge is 0.383 e. The molecule has 1 fully saturated rings. The van der Waals surface area contributed by atoms with Crippen molar-refractivity contribution in [3.63, 3.8) is 0 Å². The number of hydrogen-bond donors (Lipinski definition) is 1. The number of benzene rings is 1. The van der Waals surface area contributed by atoms with Crippen LogP contribution in [0.4, 0.5) is 16.0 Å². The molecule has 9 nitrogen and oxygen atoms in total. The van der Waals surface area contributed by atoms with Gasteiger partial charge in [-0.3, -0.25) is 9.78 Å². The molecule has 164 valence electrons. The summed E-state index contributed by atoms with van der Waals surface area (Å²) in [6, 6.07) is 6.13. The van der Waals surface area contributed by atoms with E-state index in [0.717, 1.165) is 0 Å². The first kappa shape index (κ1) is 20.3. The Morgan fingerprint density at radius 2 is 1.91 bits per heavy atom. The Hall–Kier alpha value is -3.60. The molecule has 0 aliphatic carbocycles. The first-order valence-electron chi connectivity index (χ1n) is 9.93. The molecule has 0 bridgehead atoms. The molecular formula is C21H19FN6O3S. The van der Waals surface area contributed by atoms with Crippen LogP contribution < -0.4 is 10.6 Å². The summed E-state index contributed by atoms with van der Waals surface area (Å²) in [5.41, 5.74) is 8.82. The number of Topliss-reactive ketones (excluding diaryl/α,β-unsaturated/α-hetero) is 1. The summed E-state index contributed by atoms with van der Waals surface area (Å²) in [4.78, 5) is 23.2. The van der Waals surface area contributed by atoms with E-state index in [4.69, 9.17) is 10.7 Å². The maximum Gasteiger partial charge on any atom is 0.167 e. The lowest BCUT2D eigenvalue weighted by molar-refractivity contribution is 0.101. The summed E-state index contributed by atoms with van der Waals surface area (Å²) in [7, 11) is -3.12. The van der Waals surface area contributed by atoms with Crippen molar-refractivity contribution in [2.75, 3.05) is 35.2 Å². The lowest BCUT2D eigenvalue weighted by atomic mass is 10.1. The normalized spacial score (nSPS) is 16.0. The van der Waals surface area contributed by atoms with Crippen LogP contribution in [0.15, 0.2) is 36.7 Å². The minimum Gasteiger partial charge on any atom is -0.383 e. The number of hydrogen-bond acceptors (Lipinski definition) is 8. The SMILES string of the molecule is CC(=O)c1c(N2CCS(=O)(=O)CC2)nc2c(-c3cnc4ccc(F)cc4c3)cnn2c1N. The smallest absolute Gasteiger partial charge is 0.167 e. The van der Waals surface area contributed by atoms with Gasteiger partial charge in [-0.15, -0.1) is 0 Å². The minimum atomic E-state index is -3.12. The lowest BCUT2D eigenvalue weighted by Gasteiger charge is -2.29. The van der Waals surface area contributed by atoms with Gasteiger partial charge >= 0.3 is 0 Å². The number of aromatic nitrogens is 4. The zero-order chi connectivity index (χ0) is 22.6. The molecule has 0 radical (unpaired) electrons. The number of ketones is 1. The van der Waals surface area contributed by atoms with Gasteiger partial charge in [-0.25, -0.2) is 17.8 Å². The molecule has 1 aliphatic rings. The van der Waals surface area contributed by atoms with Crippen LogP contribution in [0.1, 0.15) is 17.3 Å². The molecule has 2 N–H and O–H groups in total. The Morgan fingerprint density at radius 3 is 2.62 bits per heavy atom. The molecule has 3 aromatic heterocycles. The molecular weight excluding hydrogens is 435 g/mol. The molecule has 1 aliphatic heterocycles. The van der Waals surface area contributed by atoms with Crippen LogP contribution in [-0.2, 0) is 9.84 Å². The molecule has 4 aromatic rings. The van der Waals surface area contributed by atoms with Gasteiger partial charge in [0, 0.05) is 35.8 Å². The number of halogens is 1. The van der Waals surface area contributed by atoms with Crippen molar-refractivity contribution in [3.05, 3.63) is 48.0 Å². The fraction of sp³-hybridized carbons (Fsp3) is 0.238. The van der Waals surface area contributed by atoms with Crippen LogP contribution >= 0.6 is 0 Å². The van der Waals surface area contributed by atoms with Crippen molar-refractivity contribution in [1.82, 2.24) is 19.6 Å². The lowest BCUT2D eigenvalue weighted by Crippen LogP contribution is -2.41. The van der Waals surface area contributed by atoms with Crippen LogP contribution in [0, 0.1) is 5.82 Å². The quantitative estimate of drug-likeness (QED) is 0.467. The fourth-order valence-corrected chi connectivity index (χ4v) is 5.15. The number of pyridine rings is 1. The fourth-order valence-electron chi connectivity index (χ4n) is 3.95. The average molecular weight is 454 g/mol. The average Bonchev–Trinajstić information content (AvgIpc) is 3.17. The highest BCUT2D eigenvalue weighted by Gasteiger charge is 2.28. The molecule has 0 amide bonds. The van der Waals surface area contributed by atoms with Gasteiger partial charge in [-0.1, -0.05) is 0 Å². The van der Waals surface area contributed by atoms with Gasteiger partial charge in [-0.05, 0) is 31.2 Å². The Balaban J connectivity index is 1.69. The number of anilines is 2. The van der Waals surface area contributed by atoms with Crippen molar-refractivity contribution < 1.29 is 17.6 Å². The van der Waals surface area contributed by atoms with E-state index in [-0.39, 0.29) is 47.6 Å². The highest BCUT2D eigenvalue weighted by atomic mass is 32.2. The number of nitrogens with zero attached hydrogens (tertiary/aromatic N) is 5. The second-order valence-corrected chi connectivity index (χ2v) is 10.0. The molecule has 4 heterocycles. The van der Waals surface area contributed by atoms with Crippen molar-refractivity contribution in [1.29, 1.82) is 0 Å². The second-order valence-electron chi connectivity index (χ2n) is 7.75. The van der Waals surface area contributed by atoms with E-state index in [2.05, 4.69) is 10.1 Å². The summed E-state index contributed by atoms with van der Waals surface area (Å²) in [5, 5.41) is 4.93. The van der Waals surface area contributed by atoms with E-state index >= 15 is 0 Å². The maximum absolute atomic E-state index is 13.7. The van der Waals surface area contributed by atoms with Gasteiger partial charge in [0.25, 0.3) is 0 Å². The van der Waals surface area contributed by atoms with Crippen LogP contribution in [-0.4, -0.2) is 58.4 Å². The zero-order valence-corrected chi connectivity index (χ0v) is 17.9. The Labute approximate surface area is 182 Å². The number of nitrogens with two attached hydrogens (primary N) is 1. The van der Waals surface area contributed by atoms with E-state index in [0.29, 0.717) is 33.5 Å². The van der Waals surface area contributed by atoms with Crippen LogP contribution in [0.3, 0.4) is 0 Å². The molecule has 0 spiro atoms. The number of sulfone groups is 1. The van der Waals surface area contributed by atoms with E-state index in [9.17, 15) is 17.6 Å². The van der Waals surface area contributed by atoms with Crippen molar-refractivity contribution in [2.45, 2.75) is 6.92 Å². The van der Waals surface area contributed by atoms with Gasteiger partial charge in [0.15, 0.2) is 21.3 Å². The van der Waals surface area contributed by atoms with Gasteiger partial charge in [0.1, 0.15) is 23.0 Å². The molecule has 5 rings (SSSR count). The summed E-state index contributed by atoms with van der Waals surface area (Å²) >= 11 is 0. The number of fused-ring (bicyclic) bond motifs is 2. The molecule has 0 saturated carbocycles. The first-order chi connectivity index (χ1) is 15.2. The molecule has 32 heavy (non-hydrogen) atoms. The van der Waals surface area contributed by atoms with Gasteiger partial charge in [-0.2, -0.15) is 9.61 Å². The first-order valence-corrected chi connectivity index (χ1v) is 11.7. The van der Waals surface area contributed by atoms with Gasteiger partial charge in [0.2, 0.25) is 0 Å². The predicted molar refractivity (Wildman–Crippen MR) is 119 cm³/mol. The number of carbonyl (C=O) groups excluding carboxylic acids is 1. The van der Waals surface area contributed by atoms with Crippen molar-refractivity contribution in [3.8, 4) is 11.1 Å². The minimum absolute atomic E-state index is 0.0244. The molecule has 1 saturated heterocycles. The van der Waals surface area contributed by atoms with Crippen LogP contribution in [0.5, 0.6) is 0 Å². The Morgan fingerprint density at radius 1 is 1.16 bits per heavy atom. The van der Waals surface area contributed by atoms with Crippen molar-refractivity contribution in [2.24, 2.45) is 0 Å². The highest BCUT2D eigenvalue weighted by molar-refractivity contribution is 7.91. The topological polar surface area (TPSA) is 124 Å². The second kappa shape index (κ2) is 7.23. The zero-order valence-electron chi connectivity index (χ0n) is 17.1. The third-order valence-corrected chi connectivity index (χ3v) is 7.22. The van der Waals surface area contributed by atoms with E-state index < -0.39 is 9.84 Å². The summed E-state index contributed by atoms with van der Waals surface area (Å²) in [6.45, 7) is 1.81. The van der Waals surface area contributed by atoms with Gasteiger partial charge < -0.3 is 10.6 Å². The summed E-state index contributed by atoms with van der Waals surface area (Å²) < 4.78 is 38.8. The molecule has 0 unspecified atom stereocenters. The maximum atomic E-state index is 13.7. The standard InChI is InChI=1S/C21H19FN6O3S/c1-12(29)18-19(23)28-20(26-21(18)27-4-6-32(30,31)7-5-27)16(11-25-28)14-8-13-9-15(22)2-3-17(13)24-10-14/h2-3,8-11H,4-7,23H2,1H3. The van der Waals surface area contributed by atoms with E-state index in [1.54, 1.807) is 29.4 Å². The van der Waals surface area contributed by atoms with Crippen LogP contribution in [0.25, 0.3) is 27.7 Å². The molecule has 0 atom stereocenters. The van der Waals surface area contributed by atoms with Crippen LogP contribution in [0.2, 0.25) is 0 Å². The Bertz CT molecular complexity index is 1500. The summed E-state index contributed by atoms with van der Waals surface area (Å²) in [5.74, 6) is -0.254.